The van der Waals surface area contributed by atoms with Gasteiger partial charge in [0.15, 0.2) is 11.6 Å². The molecule has 2 aromatic rings. The lowest BCUT2D eigenvalue weighted by atomic mass is 9.95. The lowest BCUT2D eigenvalue weighted by Gasteiger charge is -2.35. The number of nitrogens with one attached hydrogen (secondary N) is 3. The summed E-state index contributed by atoms with van der Waals surface area (Å²) in [6.45, 7) is 6.20. The molecule has 1 saturated heterocycles. The van der Waals surface area contributed by atoms with Crippen LogP contribution in [0.4, 0.5) is 27.5 Å². The second-order valence-corrected chi connectivity index (χ2v) is 9.64. The molecule has 3 aliphatic rings. The third kappa shape index (κ3) is 4.84. The summed E-state index contributed by atoms with van der Waals surface area (Å²) in [5, 5.41) is 9.33. The lowest BCUT2D eigenvalue weighted by Crippen LogP contribution is -2.51. The van der Waals surface area contributed by atoms with Crippen molar-refractivity contribution >= 4 is 29.0 Å². The van der Waals surface area contributed by atoms with Crippen molar-refractivity contribution in [2.75, 3.05) is 48.8 Å². The summed E-state index contributed by atoms with van der Waals surface area (Å²) in [7, 11) is 2.15. The van der Waals surface area contributed by atoms with E-state index in [-0.39, 0.29) is 23.7 Å². The monoisotopic (exact) mass is 465 g/mol. The molecular formula is C25H32FN7O. The average Bonchev–Trinajstić information content (AvgIpc) is 3.51. The Labute approximate surface area is 199 Å². The molecule has 0 bridgehead atoms. The van der Waals surface area contributed by atoms with Crippen LogP contribution in [0.15, 0.2) is 36.5 Å². The predicted molar refractivity (Wildman–Crippen MR) is 132 cm³/mol. The Bertz CT molecular complexity index is 1080. The van der Waals surface area contributed by atoms with Gasteiger partial charge in [0.2, 0.25) is 11.9 Å². The predicted octanol–water partition coefficient (Wildman–Crippen LogP) is 3.20. The van der Waals surface area contributed by atoms with Crippen molar-refractivity contribution in [3.8, 4) is 0 Å². The van der Waals surface area contributed by atoms with Crippen LogP contribution in [0, 0.1) is 12.7 Å². The zero-order valence-corrected chi connectivity index (χ0v) is 19.8. The molecule has 34 heavy (non-hydrogen) atoms. The summed E-state index contributed by atoms with van der Waals surface area (Å²) < 4.78 is 14.6. The highest BCUT2D eigenvalue weighted by Gasteiger charge is 2.42. The zero-order chi connectivity index (χ0) is 23.7. The van der Waals surface area contributed by atoms with Crippen LogP contribution in [-0.4, -0.2) is 65.6 Å². The van der Waals surface area contributed by atoms with E-state index in [2.05, 4.69) is 61.8 Å². The van der Waals surface area contributed by atoms with Gasteiger partial charge in [0.25, 0.3) is 0 Å². The quantitative estimate of drug-likeness (QED) is 0.542. The number of aromatic nitrogens is 2. The van der Waals surface area contributed by atoms with Crippen molar-refractivity contribution in [1.29, 1.82) is 0 Å². The molecule has 0 spiro atoms. The maximum Gasteiger partial charge on any atom is 0.246 e. The molecule has 9 heteroatoms. The third-order valence-electron chi connectivity index (χ3n) is 6.85. The van der Waals surface area contributed by atoms with Crippen LogP contribution >= 0.6 is 0 Å². The number of rotatable bonds is 7. The molecule has 1 aromatic heterocycles. The topological polar surface area (TPSA) is 85.4 Å². The van der Waals surface area contributed by atoms with Crippen LogP contribution in [0.1, 0.15) is 31.2 Å². The van der Waals surface area contributed by atoms with Gasteiger partial charge in [0.1, 0.15) is 5.54 Å². The summed E-state index contributed by atoms with van der Waals surface area (Å²) in [5.74, 6) is -0.391. The summed E-state index contributed by atoms with van der Waals surface area (Å²) >= 11 is 0. The molecule has 180 valence electrons. The minimum atomic E-state index is -0.921. The molecule has 2 aliphatic carbocycles. The number of hydrogen-bond donors (Lipinski definition) is 3. The number of carbonyl (C=O) groups is 1. The van der Waals surface area contributed by atoms with Gasteiger partial charge in [-0.25, -0.2) is 9.37 Å². The van der Waals surface area contributed by atoms with Crippen molar-refractivity contribution < 1.29 is 9.18 Å². The smallest absolute Gasteiger partial charge is 0.246 e. The van der Waals surface area contributed by atoms with Gasteiger partial charge in [-0.1, -0.05) is 12.2 Å². The van der Waals surface area contributed by atoms with Crippen LogP contribution in [0.3, 0.4) is 0 Å². The molecule has 0 unspecified atom stereocenters. The van der Waals surface area contributed by atoms with Crippen LogP contribution in [-0.2, 0) is 4.79 Å². The first-order valence-corrected chi connectivity index (χ1v) is 12.0. The largest absolute Gasteiger partial charge is 0.369 e. The average molecular weight is 466 g/mol. The number of amides is 1. The molecule has 1 amide bonds. The number of benzene rings is 1. The van der Waals surface area contributed by atoms with Gasteiger partial charge < -0.3 is 25.8 Å². The summed E-state index contributed by atoms with van der Waals surface area (Å²) in [5.41, 5.74) is 2.29. The second-order valence-electron chi connectivity index (χ2n) is 9.64. The van der Waals surface area contributed by atoms with Gasteiger partial charge >= 0.3 is 0 Å². The Balaban J connectivity index is 1.31. The molecule has 1 aromatic carbocycles. The van der Waals surface area contributed by atoms with Crippen molar-refractivity contribution in [1.82, 2.24) is 20.2 Å². The van der Waals surface area contributed by atoms with Crippen LogP contribution < -0.4 is 20.9 Å². The molecule has 0 atom stereocenters. The van der Waals surface area contributed by atoms with Crippen molar-refractivity contribution in [3.05, 3.63) is 47.9 Å². The number of anilines is 4. The van der Waals surface area contributed by atoms with Gasteiger partial charge in [0.05, 0.1) is 6.20 Å². The minimum Gasteiger partial charge on any atom is -0.369 e. The molecule has 5 rings (SSSR count). The number of piperazine rings is 1. The normalized spacial score (nSPS) is 19.8. The molecule has 8 nitrogen and oxygen atoms in total. The number of halogens is 1. The standard InChI is InChI=1S/C25H32FN7O/c1-17-15-19(7-8-21(17)33-13-11-32(2)12-14-33)29-24-27-16-20(26)22(30-24)31-25(9-3-4-10-25)23(34)28-18-5-6-18/h3-4,7-8,15-16,18H,5-6,9-14H2,1-2H3,(H,28,34)(H2,27,29,30,31). The van der Waals surface area contributed by atoms with E-state index in [0.29, 0.717) is 12.8 Å². The van der Waals surface area contributed by atoms with Gasteiger partial charge in [0, 0.05) is 43.6 Å². The maximum atomic E-state index is 14.6. The van der Waals surface area contributed by atoms with Crippen molar-refractivity contribution in [3.63, 3.8) is 0 Å². The van der Waals surface area contributed by atoms with Gasteiger partial charge in [-0.15, -0.1) is 0 Å². The van der Waals surface area contributed by atoms with Gasteiger partial charge in [-0.2, -0.15) is 4.98 Å². The van der Waals surface area contributed by atoms with E-state index in [1.807, 2.05) is 18.2 Å². The van der Waals surface area contributed by atoms with Crippen LogP contribution in [0.5, 0.6) is 0 Å². The first-order valence-electron chi connectivity index (χ1n) is 12.0. The van der Waals surface area contributed by atoms with Crippen LogP contribution in [0.25, 0.3) is 0 Å². The summed E-state index contributed by atoms with van der Waals surface area (Å²) in [6, 6.07) is 6.38. The zero-order valence-electron chi connectivity index (χ0n) is 19.8. The highest BCUT2D eigenvalue weighted by Crippen LogP contribution is 2.32. The second kappa shape index (κ2) is 9.21. The Morgan fingerprint density at radius 3 is 2.56 bits per heavy atom. The van der Waals surface area contributed by atoms with E-state index < -0.39 is 11.4 Å². The molecule has 3 N–H and O–H groups in total. The third-order valence-corrected chi connectivity index (χ3v) is 6.85. The fourth-order valence-electron chi connectivity index (χ4n) is 4.55. The fourth-order valence-corrected chi connectivity index (χ4v) is 4.55. The highest BCUT2D eigenvalue weighted by molar-refractivity contribution is 5.90. The number of aryl methyl sites for hydroxylation is 1. The molecule has 1 saturated carbocycles. The van der Waals surface area contributed by atoms with Crippen LogP contribution in [0.2, 0.25) is 0 Å². The van der Waals surface area contributed by atoms with E-state index in [0.717, 1.165) is 56.5 Å². The van der Waals surface area contributed by atoms with E-state index in [1.54, 1.807) is 0 Å². The first-order chi connectivity index (χ1) is 16.4. The summed E-state index contributed by atoms with van der Waals surface area (Å²) in [4.78, 5) is 26.1. The Morgan fingerprint density at radius 2 is 1.88 bits per heavy atom. The van der Waals surface area contributed by atoms with Crippen molar-refractivity contribution in [2.24, 2.45) is 0 Å². The molecule has 0 radical (unpaired) electrons. The van der Waals surface area contributed by atoms with E-state index in [9.17, 15) is 9.18 Å². The molecule has 1 aliphatic heterocycles. The molecule has 2 fully saturated rings. The number of nitrogens with zero attached hydrogens (tertiary/aromatic N) is 4. The molecule has 2 heterocycles. The highest BCUT2D eigenvalue weighted by atomic mass is 19.1. The Kier molecular flexibility index (Phi) is 6.12. The lowest BCUT2D eigenvalue weighted by molar-refractivity contribution is -0.125. The minimum absolute atomic E-state index is 0.0259. The van der Waals surface area contributed by atoms with Crippen molar-refractivity contribution in [2.45, 2.75) is 44.2 Å². The SMILES string of the molecule is Cc1cc(Nc2ncc(F)c(NC3(C(=O)NC4CC4)CC=CC3)n2)ccc1N1CCN(C)CC1. The van der Waals surface area contributed by atoms with E-state index >= 15 is 0 Å². The Morgan fingerprint density at radius 1 is 1.15 bits per heavy atom. The number of likely N-dealkylation sites (N-methyl/N-ethyl adjacent to an activating group) is 1. The maximum absolute atomic E-state index is 14.6. The molecular weight excluding hydrogens is 433 g/mol. The fraction of sp³-hybridized carbons (Fsp3) is 0.480. The van der Waals surface area contributed by atoms with E-state index in [1.165, 1.54) is 5.69 Å². The summed E-state index contributed by atoms with van der Waals surface area (Å²) in [6.07, 6.45) is 8.01. The first kappa shape index (κ1) is 22.6. The van der Waals surface area contributed by atoms with Gasteiger partial charge in [-0.3, -0.25) is 4.79 Å². The number of hydrogen-bond acceptors (Lipinski definition) is 7. The van der Waals surface area contributed by atoms with E-state index in [4.69, 9.17) is 0 Å². The number of carbonyl (C=O) groups excluding carboxylic acids is 1. The van der Waals surface area contributed by atoms with Gasteiger partial charge in [-0.05, 0) is 63.4 Å². The Hall–Kier alpha value is -3.20.